The molecule has 0 aliphatic heterocycles. The fourth-order valence-corrected chi connectivity index (χ4v) is 3.53. The van der Waals surface area contributed by atoms with Crippen molar-refractivity contribution in [2.45, 2.75) is 38.5 Å². The highest BCUT2D eigenvalue weighted by Crippen LogP contribution is 2.44. The van der Waals surface area contributed by atoms with Crippen molar-refractivity contribution in [3.8, 4) is 0 Å². The number of thiazole rings is 1. The molecule has 0 aromatic carbocycles. The van der Waals surface area contributed by atoms with Crippen LogP contribution in [0.1, 0.15) is 49.1 Å². The van der Waals surface area contributed by atoms with Gasteiger partial charge in [-0.25, -0.2) is 4.98 Å². The maximum Gasteiger partial charge on any atom is 0.195 e. The molecule has 1 aliphatic carbocycles. The average molecular weight is 285 g/mol. The summed E-state index contributed by atoms with van der Waals surface area (Å²) in [4.78, 5) is 7.25. The van der Waals surface area contributed by atoms with Crippen LogP contribution in [0.5, 0.6) is 0 Å². The lowest BCUT2D eigenvalue weighted by molar-refractivity contribution is 0.880. The molecule has 0 saturated heterocycles. The molecule has 0 atom stereocenters. The number of fused-ring (bicyclic) bond motifs is 1. The number of rotatable bonds is 2. The van der Waals surface area contributed by atoms with Gasteiger partial charge >= 0.3 is 0 Å². The predicted octanol–water partition coefficient (Wildman–Crippen LogP) is 4.16. The number of aromatic nitrogens is 2. The van der Waals surface area contributed by atoms with Crippen molar-refractivity contribution in [1.29, 1.82) is 0 Å². The largest absolute Gasteiger partial charge is 0.284 e. The van der Waals surface area contributed by atoms with Crippen LogP contribution in [0.4, 0.5) is 0 Å². The van der Waals surface area contributed by atoms with Gasteiger partial charge in [-0.2, -0.15) is 0 Å². The summed E-state index contributed by atoms with van der Waals surface area (Å²) in [5.41, 5.74) is 1.26. The highest BCUT2D eigenvalue weighted by Gasteiger charge is 2.29. The number of halogens is 1. The minimum Gasteiger partial charge on any atom is -0.284 e. The van der Waals surface area contributed by atoms with Crippen LogP contribution in [0.3, 0.4) is 0 Å². The Hall–Kier alpha value is -0.350. The second-order valence-corrected chi connectivity index (χ2v) is 6.29. The number of hydrogen-bond donors (Lipinski definition) is 0. The van der Waals surface area contributed by atoms with E-state index in [1.54, 1.807) is 0 Å². The Morgan fingerprint density at radius 3 is 2.80 bits per heavy atom. The first-order valence-corrected chi connectivity index (χ1v) is 6.95. The second-order valence-electron chi connectivity index (χ2n) is 4.50. The van der Waals surface area contributed by atoms with Crippen LogP contribution in [0.2, 0.25) is 0 Å². The van der Waals surface area contributed by atoms with E-state index in [-0.39, 0.29) is 0 Å². The number of hydrogen-bond acceptors (Lipinski definition) is 2. The molecule has 2 nitrogen and oxygen atoms in total. The molecule has 1 saturated carbocycles. The molecule has 0 bridgehead atoms. The quantitative estimate of drug-likeness (QED) is 0.810. The molecule has 1 fully saturated rings. The van der Waals surface area contributed by atoms with Gasteiger partial charge in [0.15, 0.2) is 4.96 Å². The Bertz CT molecular complexity index is 508. The fraction of sp³-hybridized carbons (Fsp3) is 0.545. The Kier molecular flexibility index (Phi) is 2.18. The Morgan fingerprint density at radius 2 is 2.27 bits per heavy atom. The average Bonchev–Trinajstić information content (AvgIpc) is 2.85. The highest BCUT2D eigenvalue weighted by atomic mass is 79.9. The third-order valence-corrected chi connectivity index (χ3v) is 4.91. The van der Waals surface area contributed by atoms with Crippen molar-refractivity contribution in [1.82, 2.24) is 9.38 Å². The maximum atomic E-state index is 4.71. The molecule has 80 valence electrons. The van der Waals surface area contributed by atoms with Gasteiger partial charge in [-0.05, 0) is 34.7 Å². The molecule has 0 radical (unpaired) electrons. The molecule has 4 heteroatoms. The zero-order chi connectivity index (χ0) is 10.6. The van der Waals surface area contributed by atoms with E-state index in [4.69, 9.17) is 4.98 Å². The third-order valence-electron chi connectivity index (χ3n) is 2.84. The lowest BCUT2D eigenvalue weighted by Crippen LogP contribution is -1.84. The summed E-state index contributed by atoms with van der Waals surface area (Å²) in [5, 5.41) is 0. The number of nitrogens with zero attached hydrogens (tertiary/aromatic N) is 2. The van der Waals surface area contributed by atoms with E-state index >= 15 is 0 Å². The second kappa shape index (κ2) is 3.32. The van der Waals surface area contributed by atoms with Crippen molar-refractivity contribution in [3.05, 3.63) is 21.4 Å². The SMILES string of the molecule is CC(C)c1cn2c(Br)c(C3CC3)nc2s1. The Labute approximate surface area is 101 Å². The first-order valence-electron chi connectivity index (χ1n) is 5.34. The summed E-state index contributed by atoms with van der Waals surface area (Å²) >= 11 is 5.47. The first kappa shape index (κ1) is 9.85. The van der Waals surface area contributed by atoms with Gasteiger partial charge in [0.2, 0.25) is 0 Å². The van der Waals surface area contributed by atoms with E-state index < -0.39 is 0 Å². The first-order chi connectivity index (χ1) is 7.16. The van der Waals surface area contributed by atoms with Crippen LogP contribution in [-0.4, -0.2) is 9.38 Å². The summed E-state index contributed by atoms with van der Waals surface area (Å²) in [5.74, 6) is 1.31. The van der Waals surface area contributed by atoms with Gasteiger partial charge in [0, 0.05) is 17.0 Å². The van der Waals surface area contributed by atoms with E-state index in [1.165, 1.54) is 28.0 Å². The van der Waals surface area contributed by atoms with Gasteiger partial charge in [-0.1, -0.05) is 13.8 Å². The Balaban J connectivity index is 2.14. The summed E-state index contributed by atoms with van der Waals surface area (Å²) in [6.07, 6.45) is 4.83. The van der Waals surface area contributed by atoms with E-state index in [2.05, 4.69) is 40.4 Å². The van der Waals surface area contributed by atoms with Crippen molar-refractivity contribution in [2.24, 2.45) is 0 Å². The van der Waals surface area contributed by atoms with E-state index in [0.29, 0.717) is 11.8 Å². The number of imidazole rings is 1. The molecule has 15 heavy (non-hydrogen) atoms. The van der Waals surface area contributed by atoms with Crippen molar-refractivity contribution >= 4 is 32.2 Å². The van der Waals surface area contributed by atoms with Gasteiger partial charge in [0.25, 0.3) is 0 Å². The molecule has 2 aromatic rings. The van der Waals surface area contributed by atoms with Crippen molar-refractivity contribution in [3.63, 3.8) is 0 Å². The fourth-order valence-electron chi connectivity index (χ4n) is 1.74. The monoisotopic (exact) mass is 284 g/mol. The van der Waals surface area contributed by atoms with Crippen LogP contribution >= 0.6 is 27.3 Å². The minimum absolute atomic E-state index is 0.591. The van der Waals surface area contributed by atoms with Crippen molar-refractivity contribution in [2.75, 3.05) is 0 Å². The van der Waals surface area contributed by atoms with Crippen LogP contribution in [0.15, 0.2) is 10.8 Å². The zero-order valence-corrected chi connectivity index (χ0v) is 11.2. The lowest BCUT2D eigenvalue weighted by atomic mass is 10.2. The minimum atomic E-state index is 0.591. The molecule has 3 rings (SSSR count). The lowest BCUT2D eigenvalue weighted by Gasteiger charge is -1.97. The molecule has 2 heterocycles. The molecular weight excluding hydrogens is 272 g/mol. The highest BCUT2D eigenvalue weighted by molar-refractivity contribution is 9.10. The standard InChI is InChI=1S/C11H13BrN2S/c1-6(2)8-5-14-10(12)9(7-3-4-7)13-11(14)15-8/h5-7H,3-4H2,1-2H3. The van der Waals surface area contributed by atoms with Gasteiger partial charge in [-0.15, -0.1) is 11.3 Å². The van der Waals surface area contributed by atoms with E-state index in [1.807, 2.05) is 11.3 Å². The molecule has 0 amide bonds. The smallest absolute Gasteiger partial charge is 0.195 e. The third kappa shape index (κ3) is 1.54. The summed E-state index contributed by atoms with van der Waals surface area (Å²) in [7, 11) is 0. The topological polar surface area (TPSA) is 17.3 Å². The molecular formula is C11H13BrN2S. The predicted molar refractivity (Wildman–Crippen MR) is 66.8 cm³/mol. The van der Waals surface area contributed by atoms with Gasteiger partial charge in [0.05, 0.1) is 5.69 Å². The normalized spacial score (nSPS) is 16.8. The van der Waals surface area contributed by atoms with Crippen LogP contribution < -0.4 is 0 Å². The maximum absolute atomic E-state index is 4.71. The summed E-state index contributed by atoms with van der Waals surface area (Å²) in [6.45, 7) is 4.45. The van der Waals surface area contributed by atoms with Gasteiger partial charge in [0.1, 0.15) is 4.60 Å². The van der Waals surface area contributed by atoms with Crippen LogP contribution in [0, 0.1) is 0 Å². The van der Waals surface area contributed by atoms with E-state index in [9.17, 15) is 0 Å². The zero-order valence-electron chi connectivity index (χ0n) is 8.83. The van der Waals surface area contributed by atoms with Gasteiger partial charge in [-0.3, -0.25) is 4.40 Å². The summed E-state index contributed by atoms with van der Waals surface area (Å²) < 4.78 is 3.36. The van der Waals surface area contributed by atoms with Crippen molar-refractivity contribution < 1.29 is 0 Å². The molecule has 0 unspecified atom stereocenters. The summed E-state index contributed by atoms with van der Waals surface area (Å²) in [6, 6.07) is 0. The molecule has 0 N–H and O–H groups in total. The van der Waals surface area contributed by atoms with E-state index in [0.717, 1.165) is 4.96 Å². The van der Waals surface area contributed by atoms with Crippen LogP contribution in [0.25, 0.3) is 4.96 Å². The molecule has 2 aromatic heterocycles. The van der Waals surface area contributed by atoms with Gasteiger partial charge < -0.3 is 0 Å². The Morgan fingerprint density at radius 1 is 1.53 bits per heavy atom. The molecule has 0 spiro atoms. The van der Waals surface area contributed by atoms with Crippen LogP contribution in [-0.2, 0) is 0 Å². The molecule has 1 aliphatic rings.